The number of para-hydroxylation sites is 1. The zero-order valence-corrected chi connectivity index (χ0v) is 13.3. The molecule has 0 bridgehead atoms. The molecule has 1 saturated heterocycles. The molecule has 0 spiro atoms. The first-order valence-corrected chi connectivity index (χ1v) is 8.70. The van der Waals surface area contributed by atoms with Crippen molar-refractivity contribution >= 4 is 21.6 Å². The van der Waals surface area contributed by atoms with Gasteiger partial charge in [-0.3, -0.25) is 4.79 Å². The Morgan fingerprint density at radius 3 is 2.50 bits per heavy atom. The number of anilines is 1. The second-order valence-electron chi connectivity index (χ2n) is 5.36. The first-order chi connectivity index (χ1) is 11.4. The van der Waals surface area contributed by atoms with E-state index in [1.165, 1.54) is 4.90 Å². The van der Waals surface area contributed by atoms with Crippen molar-refractivity contribution in [2.24, 2.45) is 0 Å². The fraction of sp³-hybridized carbons (Fsp3) is 0.188. The average molecular weight is 352 g/mol. The van der Waals surface area contributed by atoms with Crippen LogP contribution in [0, 0.1) is 11.6 Å². The molecule has 8 heteroatoms. The molecular formula is C16H14F2N2O3S. The maximum absolute atomic E-state index is 13.7. The number of carbonyl (C=O) groups excluding carboxylic acids is 1. The number of sulfonamides is 1. The van der Waals surface area contributed by atoms with Crippen LogP contribution in [0.1, 0.15) is 6.42 Å². The molecular weight excluding hydrogens is 338 g/mol. The highest BCUT2D eigenvalue weighted by Gasteiger charge is 2.36. The van der Waals surface area contributed by atoms with Gasteiger partial charge in [0.25, 0.3) is 0 Å². The molecule has 0 aliphatic carbocycles. The van der Waals surface area contributed by atoms with Gasteiger partial charge >= 0.3 is 0 Å². The second kappa shape index (κ2) is 6.29. The molecule has 1 aliphatic rings. The number of hydrogen-bond acceptors (Lipinski definition) is 3. The Bertz CT molecular complexity index is 872. The Labute approximate surface area is 138 Å². The molecule has 1 heterocycles. The summed E-state index contributed by atoms with van der Waals surface area (Å²) in [5, 5.41) is 0. The van der Waals surface area contributed by atoms with E-state index in [-0.39, 0.29) is 6.42 Å². The smallest absolute Gasteiger partial charge is 0.245 e. The van der Waals surface area contributed by atoms with Gasteiger partial charge < -0.3 is 4.90 Å². The molecule has 1 fully saturated rings. The maximum atomic E-state index is 13.7. The van der Waals surface area contributed by atoms with Gasteiger partial charge in [-0.1, -0.05) is 18.2 Å². The first kappa shape index (κ1) is 16.5. The van der Waals surface area contributed by atoms with Crippen LogP contribution in [0.2, 0.25) is 0 Å². The highest BCUT2D eigenvalue weighted by atomic mass is 32.2. The van der Waals surface area contributed by atoms with E-state index in [1.54, 1.807) is 30.3 Å². The van der Waals surface area contributed by atoms with Crippen molar-refractivity contribution in [3.05, 3.63) is 60.2 Å². The Morgan fingerprint density at radius 1 is 1.08 bits per heavy atom. The van der Waals surface area contributed by atoms with E-state index in [0.717, 1.165) is 12.1 Å². The highest BCUT2D eigenvalue weighted by Crippen LogP contribution is 2.23. The molecule has 0 aromatic heterocycles. The number of rotatable bonds is 4. The maximum Gasteiger partial charge on any atom is 0.245 e. The van der Waals surface area contributed by atoms with Crippen LogP contribution in [0.3, 0.4) is 0 Å². The third kappa shape index (κ3) is 3.15. The number of nitrogens with one attached hydrogen (secondary N) is 1. The van der Waals surface area contributed by atoms with Crippen LogP contribution < -0.4 is 9.62 Å². The molecule has 2 aromatic carbocycles. The van der Waals surface area contributed by atoms with Crippen LogP contribution in [-0.2, 0) is 14.8 Å². The normalized spacial score (nSPS) is 18.2. The number of benzene rings is 2. The molecule has 2 aromatic rings. The second-order valence-corrected chi connectivity index (χ2v) is 7.05. The topological polar surface area (TPSA) is 66.5 Å². The summed E-state index contributed by atoms with van der Waals surface area (Å²) in [5.74, 6) is -2.38. The molecule has 24 heavy (non-hydrogen) atoms. The van der Waals surface area contributed by atoms with E-state index in [0.29, 0.717) is 18.3 Å². The lowest BCUT2D eigenvalue weighted by atomic mass is 10.3. The summed E-state index contributed by atoms with van der Waals surface area (Å²) in [4.78, 5) is 13.0. The fourth-order valence-corrected chi connectivity index (χ4v) is 3.90. The van der Waals surface area contributed by atoms with Crippen molar-refractivity contribution in [2.75, 3.05) is 11.4 Å². The molecule has 5 nitrogen and oxygen atoms in total. The van der Waals surface area contributed by atoms with E-state index in [2.05, 4.69) is 4.72 Å². The molecule has 126 valence electrons. The van der Waals surface area contributed by atoms with Gasteiger partial charge in [-0.05, 0) is 36.8 Å². The van der Waals surface area contributed by atoms with E-state index in [1.807, 2.05) is 0 Å². The van der Waals surface area contributed by atoms with Crippen molar-refractivity contribution in [3.63, 3.8) is 0 Å². The Kier molecular flexibility index (Phi) is 4.33. The lowest BCUT2D eigenvalue weighted by molar-refractivity contribution is -0.118. The summed E-state index contributed by atoms with van der Waals surface area (Å²) < 4.78 is 53.6. The van der Waals surface area contributed by atoms with Crippen molar-refractivity contribution in [1.29, 1.82) is 0 Å². The largest absolute Gasteiger partial charge is 0.311 e. The minimum absolute atomic E-state index is 0.240. The van der Waals surface area contributed by atoms with Crippen LogP contribution in [0.15, 0.2) is 53.4 Å². The number of nitrogens with zero attached hydrogens (tertiary/aromatic N) is 1. The SMILES string of the molecule is O=C1[C@@H](NS(=O)(=O)c2cc(F)ccc2F)CCN1c1ccccc1. The lowest BCUT2D eigenvalue weighted by Crippen LogP contribution is -2.41. The fourth-order valence-electron chi connectivity index (χ4n) is 2.59. The number of amides is 1. The zero-order chi connectivity index (χ0) is 17.3. The van der Waals surface area contributed by atoms with Gasteiger partial charge in [-0.25, -0.2) is 17.2 Å². The summed E-state index contributed by atoms with van der Waals surface area (Å²) in [6.45, 7) is 0.335. The van der Waals surface area contributed by atoms with Crippen molar-refractivity contribution in [3.8, 4) is 0 Å². The van der Waals surface area contributed by atoms with Crippen LogP contribution in [0.25, 0.3) is 0 Å². The van der Waals surface area contributed by atoms with Crippen LogP contribution in [-0.4, -0.2) is 26.9 Å². The number of halogens is 2. The molecule has 1 N–H and O–H groups in total. The van der Waals surface area contributed by atoms with Crippen LogP contribution in [0.5, 0.6) is 0 Å². The third-order valence-corrected chi connectivity index (χ3v) is 5.24. The van der Waals surface area contributed by atoms with E-state index >= 15 is 0 Å². The predicted octanol–water partition coefficient (Wildman–Crippen LogP) is 2.05. The summed E-state index contributed by atoms with van der Waals surface area (Å²) in [5.41, 5.74) is 0.654. The van der Waals surface area contributed by atoms with Gasteiger partial charge in [0.15, 0.2) is 0 Å². The Hall–Kier alpha value is -2.32. The average Bonchev–Trinajstić information content (AvgIpc) is 2.91. The minimum atomic E-state index is -4.35. The van der Waals surface area contributed by atoms with Crippen molar-refractivity contribution in [2.45, 2.75) is 17.4 Å². The lowest BCUT2D eigenvalue weighted by Gasteiger charge is -2.17. The summed E-state index contributed by atoms with van der Waals surface area (Å²) >= 11 is 0. The van der Waals surface area contributed by atoms with Crippen LogP contribution in [0.4, 0.5) is 14.5 Å². The summed E-state index contributed by atoms with van der Waals surface area (Å²) in [6.07, 6.45) is 0.240. The number of carbonyl (C=O) groups is 1. The van der Waals surface area contributed by atoms with Gasteiger partial charge in [0.2, 0.25) is 15.9 Å². The molecule has 1 aliphatic heterocycles. The van der Waals surface area contributed by atoms with Gasteiger partial charge in [0, 0.05) is 12.2 Å². The van der Waals surface area contributed by atoms with E-state index < -0.39 is 38.5 Å². The standard InChI is InChI=1S/C16H14F2N2O3S/c17-11-6-7-13(18)15(10-11)24(22,23)19-14-8-9-20(16(14)21)12-4-2-1-3-5-12/h1-7,10,14,19H,8-9H2/t14-/m0/s1. The Morgan fingerprint density at radius 2 is 1.79 bits per heavy atom. The molecule has 0 saturated carbocycles. The van der Waals surface area contributed by atoms with E-state index in [4.69, 9.17) is 0 Å². The summed E-state index contributed by atoms with van der Waals surface area (Å²) in [6, 6.07) is 9.94. The van der Waals surface area contributed by atoms with E-state index in [9.17, 15) is 22.0 Å². The van der Waals surface area contributed by atoms with Crippen molar-refractivity contribution < 1.29 is 22.0 Å². The molecule has 0 unspecified atom stereocenters. The predicted molar refractivity (Wildman–Crippen MR) is 83.9 cm³/mol. The van der Waals surface area contributed by atoms with Gasteiger partial charge in [0.1, 0.15) is 22.6 Å². The van der Waals surface area contributed by atoms with Gasteiger partial charge in [-0.15, -0.1) is 0 Å². The highest BCUT2D eigenvalue weighted by molar-refractivity contribution is 7.89. The Balaban J connectivity index is 1.81. The number of hydrogen-bond donors (Lipinski definition) is 1. The van der Waals surface area contributed by atoms with Gasteiger partial charge in [-0.2, -0.15) is 4.72 Å². The van der Waals surface area contributed by atoms with Crippen molar-refractivity contribution in [1.82, 2.24) is 4.72 Å². The monoisotopic (exact) mass is 352 g/mol. The minimum Gasteiger partial charge on any atom is -0.311 e. The molecule has 0 radical (unpaired) electrons. The molecule has 1 atom stereocenters. The first-order valence-electron chi connectivity index (χ1n) is 7.22. The quantitative estimate of drug-likeness (QED) is 0.916. The zero-order valence-electron chi connectivity index (χ0n) is 12.4. The summed E-state index contributed by atoms with van der Waals surface area (Å²) in [7, 11) is -4.35. The third-order valence-electron chi connectivity index (χ3n) is 3.75. The van der Waals surface area contributed by atoms with Crippen LogP contribution >= 0.6 is 0 Å². The van der Waals surface area contributed by atoms with Gasteiger partial charge in [0.05, 0.1) is 0 Å². The molecule has 3 rings (SSSR count). The molecule has 1 amide bonds.